The molecule has 1 aromatic heterocycles. The van der Waals surface area contributed by atoms with Gasteiger partial charge in [0.25, 0.3) is 5.91 Å². The lowest BCUT2D eigenvalue weighted by atomic mass is 9.99. The Balaban J connectivity index is 1.46. The molecule has 0 spiro atoms. The third-order valence-corrected chi connectivity index (χ3v) is 5.04. The molecule has 1 saturated heterocycles. The highest BCUT2D eigenvalue weighted by Crippen LogP contribution is 2.26. The molecule has 3 rings (SSSR count). The Morgan fingerprint density at radius 3 is 2.79 bits per heavy atom. The van der Waals surface area contributed by atoms with Crippen LogP contribution in [-0.4, -0.2) is 49.5 Å². The van der Waals surface area contributed by atoms with Gasteiger partial charge in [0.1, 0.15) is 0 Å². The van der Waals surface area contributed by atoms with E-state index in [-0.39, 0.29) is 5.91 Å². The molecule has 1 amide bonds. The molecular weight excluding hydrogens is 352 g/mol. The first-order valence-corrected chi connectivity index (χ1v) is 10.1. The van der Waals surface area contributed by atoms with Gasteiger partial charge in [-0.3, -0.25) is 9.79 Å². The molecule has 1 aromatic carbocycles. The minimum absolute atomic E-state index is 0.163. The van der Waals surface area contributed by atoms with E-state index in [1.807, 2.05) is 6.92 Å². The summed E-state index contributed by atoms with van der Waals surface area (Å²) >= 11 is 0. The topological polar surface area (TPSA) is 69.9 Å². The fraction of sp³-hybridized carbons (Fsp3) is 0.455. The number of benzene rings is 1. The minimum Gasteiger partial charge on any atom is -0.459 e. The Bertz CT molecular complexity index is 785. The summed E-state index contributed by atoms with van der Waals surface area (Å²) in [7, 11) is 0. The van der Waals surface area contributed by atoms with Crippen LogP contribution in [0, 0.1) is 6.92 Å². The number of aliphatic imine (C=N–C) groups is 1. The summed E-state index contributed by atoms with van der Waals surface area (Å²) in [6.07, 6.45) is 3.47. The van der Waals surface area contributed by atoms with E-state index < -0.39 is 0 Å². The van der Waals surface area contributed by atoms with Crippen LogP contribution in [0.15, 0.2) is 52.1 Å². The zero-order valence-electron chi connectivity index (χ0n) is 16.8. The summed E-state index contributed by atoms with van der Waals surface area (Å²) in [6.45, 7) is 8.06. The highest BCUT2D eigenvalue weighted by Gasteiger charge is 2.25. The van der Waals surface area contributed by atoms with Gasteiger partial charge in [-0.15, -0.1) is 0 Å². The Labute approximate surface area is 167 Å². The Kier molecular flexibility index (Phi) is 7.12. The molecule has 1 aliphatic rings. The van der Waals surface area contributed by atoms with Gasteiger partial charge in [0.05, 0.1) is 6.26 Å². The molecule has 28 heavy (non-hydrogen) atoms. The first-order valence-electron chi connectivity index (χ1n) is 10.1. The van der Waals surface area contributed by atoms with E-state index in [0.29, 0.717) is 24.8 Å². The van der Waals surface area contributed by atoms with Gasteiger partial charge in [0.2, 0.25) is 0 Å². The van der Waals surface area contributed by atoms with E-state index in [1.165, 1.54) is 11.8 Å². The van der Waals surface area contributed by atoms with Crippen LogP contribution >= 0.6 is 0 Å². The van der Waals surface area contributed by atoms with Crippen molar-refractivity contribution in [2.75, 3.05) is 32.7 Å². The molecule has 6 nitrogen and oxygen atoms in total. The van der Waals surface area contributed by atoms with Crippen molar-refractivity contribution in [3.05, 3.63) is 59.5 Å². The molecule has 2 N–H and O–H groups in total. The van der Waals surface area contributed by atoms with Crippen molar-refractivity contribution in [1.82, 2.24) is 15.5 Å². The van der Waals surface area contributed by atoms with Gasteiger partial charge in [-0.25, -0.2) is 0 Å². The lowest BCUT2D eigenvalue weighted by Crippen LogP contribution is -2.40. The van der Waals surface area contributed by atoms with E-state index >= 15 is 0 Å². The number of furan rings is 1. The molecular formula is C22H30N4O2. The molecule has 6 heteroatoms. The van der Waals surface area contributed by atoms with Gasteiger partial charge in [0, 0.05) is 44.2 Å². The summed E-state index contributed by atoms with van der Waals surface area (Å²) in [5.74, 6) is 1.75. The molecule has 0 aliphatic carbocycles. The van der Waals surface area contributed by atoms with E-state index in [2.05, 4.69) is 52.8 Å². The molecule has 2 aromatic rings. The molecule has 2 heterocycles. The van der Waals surface area contributed by atoms with Crippen molar-refractivity contribution in [3.8, 4) is 0 Å². The van der Waals surface area contributed by atoms with E-state index in [0.717, 1.165) is 44.0 Å². The molecule has 1 fully saturated rings. The molecule has 1 aliphatic heterocycles. The van der Waals surface area contributed by atoms with Crippen molar-refractivity contribution in [2.24, 2.45) is 4.99 Å². The van der Waals surface area contributed by atoms with Crippen molar-refractivity contribution in [2.45, 2.75) is 32.6 Å². The predicted molar refractivity (Wildman–Crippen MR) is 112 cm³/mol. The number of carbonyl (C=O) groups is 1. The Hall–Kier alpha value is -2.76. The van der Waals surface area contributed by atoms with Crippen molar-refractivity contribution < 1.29 is 9.21 Å². The van der Waals surface area contributed by atoms with E-state index in [9.17, 15) is 4.79 Å². The number of rotatable bonds is 7. The molecule has 0 radical (unpaired) electrons. The van der Waals surface area contributed by atoms with Crippen LogP contribution in [0.5, 0.6) is 0 Å². The fourth-order valence-electron chi connectivity index (χ4n) is 3.53. The lowest BCUT2D eigenvalue weighted by Gasteiger charge is -2.21. The maximum absolute atomic E-state index is 12.0. The molecule has 0 bridgehead atoms. The third-order valence-electron chi connectivity index (χ3n) is 5.04. The summed E-state index contributed by atoms with van der Waals surface area (Å²) < 4.78 is 5.21. The van der Waals surface area contributed by atoms with E-state index in [1.54, 1.807) is 6.07 Å². The second-order valence-corrected chi connectivity index (χ2v) is 7.12. The SMILES string of the molecule is CCNC(=NCCCNC(=O)c1occc1C)N1CCC(c2ccccc2)C1. The second-order valence-electron chi connectivity index (χ2n) is 7.12. The number of likely N-dealkylation sites (tertiary alicyclic amines) is 1. The Morgan fingerprint density at radius 2 is 2.07 bits per heavy atom. The van der Waals surface area contributed by atoms with Crippen LogP contribution in [0.25, 0.3) is 0 Å². The highest BCUT2D eigenvalue weighted by atomic mass is 16.3. The number of hydrogen-bond donors (Lipinski definition) is 2. The van der Waals surface area contributed by atoms with Gasteiger partial charge in [0.15, 0.2) is 11.7 Å². The van der Waals surface area contributed by atoms with Crippen LogP contribution in [0.3, 0.4) is 0 Å². The van der Waals surface area contributed by atoms with Crippen molar-refractivity contribution >= 4 is 11.9 Å². The monoisotopic (exact) mass is 382 g/mol. The maximum Gasteiger partial charge on any atom is 0.287 e. The number of hydrogen-bond acceptors (Lipinski definition) is 3. The average Bonchev–Trinajstić information content (AvgIpc) is 3.37. The quantitative estimate of drug-likeness (QED) is 0.438. The van der Waals surface area contributed by atoms with Crippen LogP contribution in [0.2, 0.25) is 0 Å². The zero-order valence-corrected chi connectivity index (χ0v) is 16.8. The molecule has 150 valence electrons. The van der Waals surface area contributed by atoms with Gasteiger partial charge in [-0.05, 0) is 38.3 Å². The lowest BCUT2D eigenvalue weighted by molar-refractivity contribution is 0.0925. The summed E-state index contributed by atoms with van der Waals surface area (Å²) in [5.41, 5.74) is 2.25. The van der Waals surface area contributed by atoms with Gasteiger partial charge >= 0.3 is 0 Å². The second kappa shape index (κ2) is 9.97. The van der Waals surface area contributed by atoms with Crippen LogP contribution in [-0.2, 0) is 0 Å². The minimum atomic E-state index is -0.163. The van der Waals surface area contributed by atoms with Crippen molar-refractivity contribution in [1.29, 1.82) is 0 Å². The average molecular weight is 383 g/mol. The first-order chi connectivity index (χ1) is 13.7. The fourth-order valence-corrected chi connectivity index (χ4v) is 3.53. The maximum atomic E-state index is 12.0. The molecule has 1 unspecified atom stereocenters. The summed E-state index contributed by atoms with van der Waals surface area (Å²) in [6, 6.07) is 12.5. The highest BCUT2D eigenvalue weighted by molar-refractivity contribution is 5.92. The standard InChI is InChI=1S/C22H30N4O2/c1-3-23-22(26-14-10-19(16-26)18-8-5-4-6-9-18)25-13-7-12-24-21(27)20-17(2)11-15-28-20/h4-6,8-9,11,15,19H,3,7,10,12-14,16H2,1-2H3,(H,23,25)(H,24,27). The number of carbonyl (C=O) groups excluding carboxylic acids is 1. The number of guanidine groups is 1. The number of aryl methyl sites for hydroxylation is 1. The summed E-state index contributed by atoms with van der Waals surface area (Å²) in [4.78, 5) is 19.1. The number of amides is 1. The molecule has 0 saturated carbocycles. The van der Waals surface area contributed by atoms with Crippen LogP contribution < -0.4 is 10.6 Å². The van der Waals surface area contributed by atoms with Crippen LogP contribution in [0.4, 0.5) is 0 Å². The smallest absolute Gasteiger partial charge is 0.287 e. The third kappa shape index (κ3) is 5.15. The first kappa shape index (κ1) is 20.0. The van der Waals surface area contributed by atoms with Crippen LogP contribution in [0.1, 0.15) is 47.4 Å². The number of nitrogens with zero attached hydrogens (tertiary/aromatic N) is 2. The van der Waals surface area contributed by atoms with Crippen molar-refractivity contribution in [3.63, 3.8) is 0 Å². The largest absolute Gasteiger partial charge is 0.459 e. The van der Waals surface area contributed by atoms with Gasteiger partial charge < -0.3 is 20.0 Å². The van der Waals surface area contributed by atoms with E-state index in [4.69, 9.17) is 9.41 Å². The molecule has 1 atom stereocenters. The summed E-state index contributed by atoms with van der Waals surface area (Å²) in [5, 5.41) is 6.29. The number of nitrogens with one attached hydrogen (secondary N) is 2. The van der Waals surface area contributed by atoms with Gasteiger partial charge in [-0.1, -0.05) is 30.3 Å². The zero-order chi connectivity index (χ0) is 19.8. The Morgan fingerprint density at radius 1 is 1.25 bits per heavy atom. The van der Waals surface area contributed by atoms with Gasteiger partial charge in [-0.2, -0.15) is 0 Å². The normalized spacial score (nSPS) is 17.0. The predicted octanol–water partition coefficient (Wildman–Crippen LogP) is 3.16.